The second kappa shape index (κ2) is 16.4. The number of rotatable bonds is 14. The summed E-state index contributed by atoms with van der Waals surface area (Å²) in [7, 11) is 0. The van der Waals surface area contributed by atoms with Crippen molar-refractivity contribution >= 4 is 0 Å². The Kier molecular flexibility index (Phi) is 10.7. The van der Waals surface area contributed by atoms with Gasteiger partial charge in [-0.2, -0.15) is 0 Å². The monoisotopic (exact) mass is 654 g/mol. The van der Waals surface area contributed by atoms with Crippen LogP contribution in [0.5, 0.6) is 0 Å². The minimum Gasteiger partial charge on any atom is -0.286 e. The molecular formula is C42H38N8. The largest absolute Gasteiger partial charge is 0.286 e. The van der Waals surface area contributed by atoms with E-state index in [1.165, 1.54) is 0 Å². The van der Waals surface area contributed by atoms with Gasteiger partial charge in [-0.25, -0.2) is 0 Å². The predicted molar refractivity (Wildman–Crippen MR) is 196 cm³/mol. The standard InChI is InChI=1S/C42H38N8/c1-5-23-43-35(11-1)27-49(28-36-12-2-6-24-44-36)31-39-15-9-17-41(47-39)33-19-21-34(22-20-33)42-18-10-16-40(48-42)32-50(29-37-13-3-7-25-45-37)30-38-14-4-8-26-46-38/h1-26H,27-32H2. The number of hydrogen-bond acceptors (Lipinski definition) is 8. The second-order valence-corrected chi connectivity index (χ2v) is 12.2. The van der Waals surface area contributed by atoms with Crippen LogP contribution in [0.1, 0.15) is 34.2 Å². The van der Waals surface area contributed by atoms with Crippen LogP contribution in [0.25, 0.3) is 22.5 Å². The molecule has 0 aliphatic rings. The van der Waals surface area contributed by atoms with Crippen molar-refractivity contribution in [3.63, 3.8) is 0 Å². The first-order valence-electron chi connectivity index (χ1n) is 16.8. The summed E-state index contributed by atoms with van der Waals surface area (Å²) in [4.78, 5) is 33.0. The molecule has 6 aromatic heterocycles. The Balaban J connectivity index is 1.06. The molecule has 50 heavy (non-hydrogen) atoms. The zero-order valence-electron chi connectivity index (χ0n) is 27.8. The minimum absolute atomic E-state index is 0.674. The van der Waals surface area contributed by atoms with Gasteiger partial charge in [0.2, 0.25) is 0 Å². The summed E-state index contributed by atoms with van der Waals surface area (Å²) < 4.78 is 0. The van der Waals surface area contributed by atoms with Crippen LogP contribution in [0.15, 0.2) is 158 Å². The van der Waals surface area contributed by atoms with Crippen LogP contribution in [-0.2, 0) is 39.3 Å². The van der Waals surface area contributed by atoms with E-state index in [0.29, 0.717) is 39.3 Å². The number of hydrogen-bond donors (Lipinski definition) is 0. The lowest BCUT2D eigenvalue weighted by atomic mass is 10.1. The molecule has 0 saturated carbocycles. The highest BCUT2D eigenvalue weighted by atomic mass is 15.2. The maximum Gasteiger partial charge on any atom is 0.0705 e. The number of benzene rings is 1. The van der Waals surface area contributed by atoms with E-state index in [4.69, 9.17) is 9.97 Å². The molecule has 7 aromatic rings. The van der Waals surface area contributed by atoms with Crippen LogP contribution >= 0.6 is 0 Å². The lowest BCUT2D eigenvalue weighted by molar-refractivity contribution is 0.239. The first-order chi connectivity index (χ1) is 24.7. The SMILES string of the molecule is c1ccc(CN(Cc2ccccn2)Cc2cccc(-c3ccc(-c4cccc(CN(Cc5ccccn5)Cc5ccccn5)n4)cc3)n2)nc1. The van der Waals surface area contributed by atoms with Crippen molar-refractivity contribution in [1.29, 1.82) is 0 Å². The van der Waals surface area contributed by atoms with Crippen molar-refractivity contribution in [2.45, 2.75) is 39.3 Å². The molecule has 8 nitrogen and oxygen atoms in total. The van der Waals surface area contributed by atoms with Crippen molar-refractivity contribution in [2.24, 2.45) is 0 Å². The van der Waals surface area contributed by atoms with Gasteiger partial charge in [0.1, 0.15) is 0 Å². The van der Waals surface area contributed by atoms with Gasteiger partial charge in [0.25, 0.3) is 0 Å². The molecule has 0 fully saturated rings. The maximum atomic E-state index is 5.07. The van der Waals surface area contributed by atoms with Crippen LogP contribution in [0.3, 0.4) is 0 Å². The van der Waals surface area contributed by atoms with E-state index in [1.54, 1.807) is 0 Å². The lowest BCUT2D eigenvalue weighted by Gasteiger charge is -2.21. The van der Waals surface area contributed by atoms with E-state index in [9.17, 15) is 0 Å². The van der Waals surface area contributed by atoms with Crippen molar-refractivity contribution in [3.8, 4) is 22.5 Å². The molecule has 0 atom stereocenters. The first-order valence-corrected chi connectivity index (χ1v) is 16.8. The highest BCUT2D eigenvalue weighted by Crippen LogP contribution is 2.24. The number of aromatic nitrogens is 6. The van der Waals surface area contributed by atoms with Gasteiger partial charge in [-0.1, -0.05) is 60.7 Å². The summed E-state index contributed by atoms with van der Waals surface area (Å²) >= 11 is 0. The summed E-state index contributed by atoms with van der Waals surface area (Å²) in [5, 5.41) is 0. The van der Waals surface area contributed by atoms with Crippen molar-refractivity contribution in [2.75, 3.05) is 0 Å². The Morgan fingerprint density at radius 1 is 0.300 bits per heavy atom. The van der Waals surface area contributed by atoms with E-state index in [0.717, 1.165) is 56.7 Å². The molecule has 0 saturated heterocycles. The fourth-order valence-electron chi connectivity index (χ4n) is 5.95. The fourth-order valence-corrected chi connectivity index (χ4v) is 5.95. The van der Waals surface area contributed by atoms with Crippen LogP contribution in [0.4, 0.5) is 0 Å². The Morgan fingerprint density at radius 3 is 0.900 bits per heavy atom. The van der Waals surface area contributed by atoms with Crippen molar-refractivity contribution in [3.05, 3.63) is 192 Å². The molecule has 0 amide bonds. The van der Waals surface area contributed by atoms with Crippen LogP contribution in [0, 0.1) is 0 Å². The van der Waals surface area contributed by atoms with E-state index >= 15 is 0 Å². The van der Waals surface area contributed by atoms with Gasteiger partial charge in [-0.3, -0.25) is 39.7 Å². The molecule has 1 aromatic carbocycles. The smallest absolute Gasteiger partial charge is 0.0705 e. The van der Waals surface area contributed by atoms with Crippen LogP contribution in [0.2, 0.25) is 0 Å². The van der Waals surface area contributed by atoms with Crippen LogP contribution in [-0.4, -0.2) is 39.7 Å². The van der Waals surface area contributed by atoms with Gasteiger partial charge in [0.15, 0.2) is 0 Å². The van der Waals surface area contributed by atoms with Gasteiger partial charge in [-0.15, -0.1) is 0 Å². The number of nitrogens with zero attached hydrogens (tertiary/aromatic N) is 8. The third kappa shape index (κ3) is 9.14. The molecule has 246 valence electrons. The molecule has 0 unspecified atom stereocenters. The van der Waals surface area contributed by atoms with E-state index in [2.05, 4.69) is 115 Å². The summed E-state index contributed by atoms with van der Waals surface area (Å²) in [5.41, 5.74) is 10.0. The predicted octanol–water partition coefficient (Wildman–Crippen LogP) is 7.80. The van der Waals surface area contributed by atoms with Crippen LogP contribution < -0.4 is 0 Å². The Morgan fingerprint density at radius 2 is 0.600 bits per heavy atom. The fraction of sp³-hybridized carbons (Fsp3) is 0.143. The normalized spacial score (nSPS) is 11.2. The summed E-state index contributed by atoms with van der Waals surface area (Å²) in [6.07, 6.45) is 7.35. The lowest BCUT2D eigenvalue weighted by Crippen LogP contribution is -2.24. The molecule has 0 aliphatic heterocycles. The van der Waals surface area contributed by atoms with Gasteiger partial charge < -0.3 is 0 Å². The zero-order valence-corrected chi connectivity index (χ0v) is 27.8. The van der Waals surface area contributed by atoms with Crippen molar-refractivity contribution in [1.82, 2.24) is 39.7 Å². The second-order valence-electron chi connectivity index (χ2n) is 12.2. The van der Waals surface area contributed by atoms with Gasteiger partial charge in [-0.05, 0) is 72.8 Å². The highest BCUT2D eigenvalue weighted by Gasteiger charge is 2.14. The molecule has 0 spiro atoms. The third-order valence-corrected chi connectivity index (χ3v) is 8.31. The van der Waals surface area contributed by atoms with Gasteiger partial charge >= 0.3 is 0 Å². The third-order valence-electron chi connectivity index (χ3n) is 8.31. The molecule has 0 aliphatic carbocycles. The summed E-state index contributed by atoms with van der Waals surface area (Å²) in [6.45, 7) is 4.16. The molecule has 8 heteroatoms. The average Bonchev–Trinajstić information content (AvgIpc) is 3.17. The molecule has 6 heterocycles. The Labute approximate surface area is 293 Å². The van der Waals surface area contributed by atoms with Gasteiger partial charge in [0, 0.05) is 75.2 Å². The number of pyridine rings is 6. The molecule has 0 bridgehead atoms. The van der Waals surface area contributed by atoms with E-state index in [1.807, 2.05) is 73.3 Å². The summed E-state index contributed by atoms with van der Waals surface area (Å²) in [6, 6.07) is 45.1. The quantitative estimate of drug-likeness (QED) is 0.118. The maximum absolute atomic E-state index is 5.07. The topological polar surface area (TPSA) is 83.8 Å². The highest BCUT2D eigenvalue weighted by molar-refractivity contribution is 5.66. The van der Waals surface area contributed by atoms with Gasteiger partial charge in [0.05, 0.1) is 45.6 Å². The molecule has 0 N–H and O–H groups in total. The Hall–Kier alpha value is -5.96. The Bertz CT molecular complexity index is 1820. The average molecular weight is 655 g/mol. The molecule has 7 rings (SSSR count). The molecule has 0 radical (unpaired) electrons. The minimum atomic E-state index is 0.674. The van der Waals surface area contributed by atoms with Crippen molar-refractivity contribution < 1.29 is 0 Å². The van der Waals surface area contributed by atoms with E-state index in [-0.39, 0.29) is 0 Å². The van der Waals surface area contributed by atoms with E-state index < -0.39 is 0 Å². The summed E-state index contributed by atoms with van der Waals surface area (Å²) in [5.74, 6) is 0. The first kappa shape index (κ1) is 32.6. The zero-order chi connectivity index (χ0) is 33.8. The molecular weight excluding hydrogens is 617 g/mol.